The van der Waals surface area contributed by atoms with Gasteiger partial charge in [0.1, 0.15) is 6.29 Å². The Morgan fingerprint density at radius 3 is 2.26 bits per heavy atom. The predicted molar refractivity (Wildman–Crippen MR) is 126 cm³/mol. The molecule has 0 radical (unpaired) electrons. The minimum Gasteiger partial charge on any atom is -0.302 e. The summed E-state index contributed by atoms with van der Waals surface area (Å²) in [6, 6.07) is 20.1. The van der Waals surface area contributed by atoms with Crippen LogP contribution in [-0.2, 0) is 23.3 Å². The summed E-state index contributed by atoms with van der Waals surface area (Å²) in [5.74, 6) is 1.46. The van der Waals surface area contributed by atoms with Gasteiger partial charge in [0.05, 0.1) is 6.54 Å². The van der Waals surface area contributed by atoms with Crippen LogP contribution < -0.4 is 0 Å². The van der Waals surface area contributed by atoms with Crippen LogP contribution in [0.4, 0.5) is 0 Å². The zero-order valence-electron chi connectivity index (χ0n) is 18.7. The van der Waals surface area contributed by atoms with E-state index in [4.69, 9.17) is 0 Å². The Kier molecular flexibility index (Phi) is 6.24. The molecule has 5 rings (SSSR count). The zero-order chi connectivity index (χ0) is 21.1. The van der Waals surface area contributed by atoms with E-state index in [0.29, 0.717) is 12.5 Å². The van der Waals surface area contributed by atoms with Crippen LogP contribution in [0.15, 0.2) is 54.6 Å². The standard InChI is InChI=1S/C28H36N2O/c31-19-18-30-21-24-10-4-7-13-27(24)28(22-30,25-11-5-6-12-25)26-14-16-29(17-15-26)20-23-8-2-1-3-9-23/h1-4,7-10,13,19,25-26H,5-6,11-12,14-18,20-22H2. The first kappa shape index (κ1) is 20.9. The van der Waals surface area contributed by atoms with Crippen LogP contribution in [0.2, 0.25) is 0 Å². The first-order chi connectivity index (χ1) is 15.3. The summed E-state index contributed by atoms with van der Waals surface area (Å²) in [6.07, 6.45) is 9.10. The number of benzene rings is 2. The van der Waals surface area contributed by atoms with Gasteiger partial charge in [-0.1, -0.05) is 67.4 Å². The van der Waals surface area contributed by atoms with E-state index in [0.717, 1.165) is 31.8 Å². The molecule has 0 amide bonds. The van der Waals surface area contributed by atoms with Crippen molar-refractivity contribution >= 4 is 6.29 Å². The van der Waals surface area contributed by atoms with Crippen LogP contribution in [0.5, 0.6) is 0 Å². The molecule has 2 heterocycles. The SMILES string of the molecule is O=CCN1Cc2ccccc2C(C2CCCC2)(C2CCN(Cc3ccccc3)CC2)C1. The predicted octanol–water partition coefficient (Wildman–Crippen LogP) is 5.04. The van der Waals surface area contributed by atoms with Gasteiger partial charge in [-0.2, -0.15) is 0 Å². The molecule has 3 aliphatic rings. The molecule has 2 aliphatic heterocycles. The van der Waals surface area contributed by atoms with E-state index < -0.39 is 0 Å². The fourth-order valence-corrected chi connectivity index (χ4v) is 7.02. The summed E-state index contributed by atoms with van der Waals surface area (Å²) >= 11 is 0. The third kappa shape index (κ3) is 4.10. The van der Waals surface area contributed by atoms with Crippen LogP contribution in [0, 0.1) is 11.8 Å². The third-order valence-electron chi connectivity index (χ3n) is 8.38. The minimum absolute atomic E-state index is 0.215. The molecule has 164 valence electrons. The molecule has 2 fully saturated rings. The summed E-state index contributed by atoms with van der Waals surface area (Å²) in [5.41, 5.74) is 4.72. The van der Waals surface area contributed by atoms with Crippen molar-refractivity contribution in [2.45, 2.75) is 57.0 Å². The van der Waals surface area contributed by atoms with Gasteiger partial charge in [-0.05, 0) is 67.3 Å². The number of hydrogen-bond acceptors (Lipinski definition) is 3. The normalized spacial score (nSPS) is 26.1. The summed E-state index contributed by atoms with van der Waals surface area (Å²) in [5, 5.41) is 0. The number of nitrogens with zero attached hydrogens (tertiary/aromatic N) is 2. The molecule has 0 bridgehead atoms. The average molecular weight is 417 g/mol. The van der Waals surface area contributed by atoms with Gasteiger partial charge in [-0.15, -0.1) is 0 Å². The molecule has 0 aromatic heterocycles. The summed E-state index contributed by atoms with van der Waals surface area (Å²) in [4.78, 5) is 16.5. The molecule has 3 heteroatoms. The van der Waals surface area contributed by atoms with Crippen molar-refractivity contribution in [1.29, 1.82) is 0 Å². The fraction of sp³-hybridized carbons (Fsp3) is 0.536. The van der Waals surface area contributed by atoms with Gasteiger partial charge in [0.15, 0.2) is 0 Å². The highest BCUT2D eigenvalue weighted by Crippen LogP contribution is 2.53. The molecule has 0 N–H and O–H groups in total. The first-order valence-corrected chi connectivity index (χ1v) is 12.3. The van der Waals surface area contributed by atoms with E-state index in [1.165, 1.54) is 62.7 Å². The summed E-state index contributed by atoms with van der Waals surface area (Å²) < 4.78 is 0. The second-order valence-corrected chi connectivity index (χ2v) is 10.1. The van der Waals surface area contributed by atoms with Crippen LogP contribution in [0.3, 0.4) is 0 Å². The van der Waals surface area contributed by atoms with Crippen molar-refractivity contribution in [3.05, 3.63) is 71.3 Å². The lowest BCUT2D eigenvalue weighted by molar-refractivity contribution is -0.109. The van der Waals surface area contributed by atoms with Gasteiger partial charge in [-0.25, -0.2) is 0 Å². The van der Waals surface area contributed by atoms with Crippen molar-refractivity contribution in [3.8, 4) is 0 Å². The maximum atomic E-state index is 11.5. The summed E-state index contributed by atoms with van der Waals surface area (Å²) in [6.45, 7) is 5.99. The Bertz CT molecular complexity index is 868. The topological polar surface area (TPSA) is 23.6 Å². The lowest BCUT2D eigenvalue weighted by Gasteiger charge is -2.54. The highest BCUT2D eigenvalue weighted by Gasteiger charge is 2.51. The average Bonchev–Trinajstić information content (AvgIpc) is 3.35. The van der Waals surface area contributed by atoms with E-state index >= 15 is 0 Å². The van der Waals surface area contributed by atoms with Crippen molar-refractivity contribution in [2.75, 3.05) is 26.2 Å². The van der Waals surface area contributed by atoms with Crippen LogP contribution in [0.25, 0.3) is 0 Å². The van der Waals surface area contributed by atoms with Crippen LogP contribution in [-0.4, -0.2) is 42.3 Å². The fourth-order valence-electron chi connectivity index (χ4n) is 7.02. The number of likely N-dealkylation sites (tertiary alicyclic amines) is 1. The quantitative estimate of drug-likeness (QED) is 0.616. The Hall–Kier alpha value is -1.97. The number of piperidine rings is 1. The molecule has 0 spiro atoms. The second-order valence-electron chi connectivity index (χ2n) is 10.1. The maximum absolute atomic E-state index is 11.5. The highest BCUT2D eigenvalue weighted by atomic mass is 16.1. The van der Waals surface area contributed by atoms with Crippen molar-refractivity contribution in [2.24, 2.45) is 11.8 Å². The van der Waals surface area contributed by atoms with Crippen molar-refractivity contribution in [1.82, 2.24) is 9.80 Å². The largest absolute Gasteiger partial charge is 0.302 e. The number of hydrogen-bond donors (Lipinski definition) is 0. The van der Waals surface area contributed by atoms with E-state index in [1.807, 2.05) is 0 Å². The van der Waals surface area contributed by atoms with Gasteiger partial charge < -0.3 is 4.79 Å². The summed E-state index contributed by atoms with van der Waals surface area (Å²) in [7, 11) is 0. The van der Waals surface area contributed by atoms with E-state index in [1.54, 1.807) is 5.56 Å². The molecule has 1 saturated carbocycles. The number of carbonyl (C=O) groups is 1. The number of rotatable bonds is 6. The van der Waals surface area contributed by atoms with Gasteiger partial charge in [0.25, 0.3) is 0 Å². The van der Waals surface area contributed by atoms with Crippen molar-refractivity contribution in [3.63, 3.8) is 0 Å². The second kappa shape index (κ2) is 9.26. The molecule has 1 saturated heterocycles. The van der Waals surface area contributed by atoms with E-state index in [9.17, 15) is 4.79 Å². The number of fused-ring (bicyclic) bond motifs is 1. The lowest BCUT2D eigenvalue weighted by Crippen LogP contribution is -2.56. The molecule has 1 aliphatic carbocycles. The Labute approximate surface area is 187 Å². The Morgan fingerprint density at radius 2 is 1.52 bits per heavy atom. The zero-order valence-corrected chi connectivity index (χ0v) is 18.7. The molecule has 2 aromatic rings. The molecule has 1 atom stereocenters. The Morgan fingerprint density at radius 1 is 0.839 bits per heavy atom. The smallest absolute Gasteiger partial charge is 0.133 e. The lowest BCUT2D eigenvalue weighted by atomic mass is 9.57. The van der Waals surface area contributed by atoms with Gasteiger partial charge in [-0.3, -0.25) is 9.80 Å². The van der Waals surface area contributed by atoms with Gasteiger partial charge >= 0.3 is 0 Å². The van der Waals surface area contributed by atoms with Crippen LogP contribution in [0.1, 0.15) is 55.2 Å². The maximum Gasteiger partial charge on any atom is 0.133 e. The molecule has 31 heavy (non-hydrogen) atoms. The minimum atomic E-state index is 0.215. The van der Waals surface area contributed by atoms with E-state index in [2.05, 4.69) is 64.4 Å². The van der Waals surface area contributed by atoms with Gasteiger partial charge in [0.2, 0.25) is 0 Å². The number of carbonyl (C=O) groups excluding carboxylic acids is 1. The van der Waals surface area contributed by atoms with Crippen LogP contribution >= 0.6 is 0 Å². The van der Waals surface area contributed by atoms with Crippen molar-refractivity contribution < 1.29 is 4.79 Å². The molecule has 3 nitrogen and oxygen atoms in total. The highest BCUT2D eigenvalue weighted by molar-refractivity contribution is 5.52. The Balaban J connectivity index is 1.42. The first-order valence-electron chi connectivity index (χ1n) is 12.3. The molecular formula is C28H36N2O. The third-order valence-corrected chi connectivity index (χ3v) is 8.38. The number of aldehydes is 1. The monoisotopic (exact) mass is 416 g/mol. The van der Waals surface area contributed by atoms with Gasteiger partial charge in [0, 0.05) is 25.0 Å². The molecular weight excluding hydrogens is 380 g/mol. The molecule has 2 aromatic carbocycles. The van der Waals surface area contributed by atoms with E-state index in [-0.39, 0.29) is 5.41 Å². The molecule has 1 unspecified atom stereocenters.